The standard InChI is InChI=1S/C24H31ClN2O3/c1-15(2)26-24(29)19(6)27(13-20-9-7-16(3)8-10-20)22(28)14-30-21-11-17(4)23(25)18(5)12-21/h7-12,15,19H,13-14H2,1-6H3,(H,26,29)/t19-/m0/s1. The van der Waals surface area contributed by atoms with Gasteiger partial charge in [-0.25, -0.2) is 0 Å². The van der Waals surface area contributed by atoms with Crippen LogP contribution in [0.5, 0.6) is 5.75 Å². The molecule has 0 saturated heterocycles. The number of halogens is 1. The molecular weight excluding hydrogens is 400 g/mol. The molecule has 0 fully saturated rings. The molecule has 0 aromatic heterocycles. The average molecular weight is 431 g/mol. The number of nitrogens with zero attached hydrogens (tertiary/aromatic N) is 1. The van der Waals surface area contributed by atoms with Crippen molar-refractivity contribution in [3.05, 3.63) is 63.7 Å². The molecule has 1 N–H and O–H groups in total. The highest BCUT2D eigenvalue weighted by molar-refractivity contribution is 6.32. The molecule has 0 aliphatic rings. The van der Waals surface area contributed by atoms with E-state index in [0.717, 1.165) is 22.3 Å². The minimum absolute atomic E-state index is 0.00690. The van der Waals surface area contributed by atoms with Crippen molar-refractivity contribution in [3.63, 3.8) is 0 Å². The Labute approximate surface area is 184 Å². The van der Waals surface area contributed by atoms with Gasteiger partial charge < -0.3 is 15.0 Å². The fraction of sp³-hybridized carbons (Fsp3) is 0.417. The van der Waals surface area contributed by atoms with E-state index in [2.05, 4.69) is 5.32 Å². The molecule has 162 valence electrons. The van der Waals surface area contributed by atoms with Gasteiger partial charge in [-0.15, -0.1) is 0 Å². The van der Waals surface area contributed by atoms with Crippen LogP contribution in [0, 0.1) is 20.8 Å². The summed E-state index contributed by atoms with van der Waals surface area (Å²) in [4.78, 5) is 27.2. The van der Waals surface area contributed by atoms with Gasteiger partial charge in [0.05, 0.1) is 0 Å². The summed E-state index contributed by atoms with van der Waals surface area (Å²) >= 11 is 6.21. The van der Waals surface area contributed by atoms with Crippen LogP contribution in [-0.2, 0) is 16.1 Å². The highest BCUT2D eigenvalue weighted by Gasteiger charge is 2.27. The first-order valence-electron chi connectivity index (χ1n) is 10.1. The molecule has 0 bridgehead atoms. The molecule has 0 aliphatic carbocycles. The zero-order valence-electron chi connectivity index (χ0n) is 18.6. The number of hydrogen-bond donors (Lipinski definition) is 1. The van der Waals surface area contributed by atoms with E-state index in [1.54, 1.807) is 11.8 Å². The Hall–Kier alpha value is -2.53. The molecule has 1 atom stereocenters. The molecule has 2 aromatic carbocycles. The number of amides is 2. The predicted octanol–water partition coefficient (Wildman–Crippen LogP) is 4.59. The zero-order chi connectivity index (χ0) is 22.4. The maximum atomic E-state index is 13.1. The second-order valence-electron chi connectivity index (χ2n) is 8.01. The molecule has 0 radical (unpaired) electrons. The average Bonchev–Trinajstić information content (AvgIpc) is 2.68. The molecule has 0 heterocycles. The van der Waals surface area contributed by atoms with E-state index in [1.807, 2.05) is 71.0 Å². The number of benzene rings is 2. The van der Waals surface area contributed by atoms with Crippen molar-refractivity contribution in [1.82, 2.24) is 10.2 Å². The minimum Gasteiger partial charge on any atom is -0.484 e. The number of nitrogens with one attached hydrogen (secondary N) is 1. The molecule has 0 aliphatic heterocycles. The van der Waals surface area contributed by atoms with Gasteiger partial charge in [0.2, 0.25) is 5.91 Å². The van der Waals surface area contributed by atoms with Gasteiger partial charge in [-0.3, -0.25) is 9.59 Å². The normalized spacial score (nSPS) is 11.9. The topological polar surface area (TPSA) is 58.6 Å². The lowest BCUT2D eigenvalue weighted by Gasteiger charge is -2.29. The van der Waals surface area contributed by atoms with Crippen molar-refractivity contribution in [1.29, 1.82) is 0 Å². The van der Waals surface area contributed by atoms with Gasteiger partial charge in [0.1, 0.15) is 11.8 Å². The van der Waals surface area contributed by atoms with Gasteiger partial charge in [0.15, 0.2) is 6.61 Å². The molecule has 0 unspecified atom stereocenters. The summed E-state index contributed by atoms with van der Waals surface area (Å²) in [5.74, 6) is 0.133. The van der Waals surface area contributed by atoms with Crippen molar-refractivity contribution >= 4 is 23.4 Å². The van der Waals surface area contributed by atoms with Gasteiger partial charge in [-0.1, -0.05) is 41.4 Å². The smallest absolute Gasteiger partial charge is 0.261 e. The van der Waals surface area contributed by atoms with Crippen LogP contribution < -0.4 is 10.1 Å². The summed E-state index contributed by atoms with van der Waals surface area (Å²) in [6.45, 7) is 11.5. The van der Waals surface area contributed by atoms with Gasteiger partial charge in [0, 0.05) is 17.6 Å². The quantitative estimate of drug-likeness (QED) is 0.666. The summed E-state index contributed by atoms with van der Waals surface area (Å²) in [6.07, 6.45) is 0. The van der Waals surface area contributed by atoms with Crippen LogP contribution in [0.25, 0.3) is 0 Å². The van der Waals surface area contributed by atoms with Gasteiger partial charge >= 0.3 is 0 Å². The molecule has 0 saturated carbocycles. The third-order valence-electron chi connectivity index (χ3n) is 4.84. The molecule has 5 nitrogen and oxygen atoms in total. The maximum Gasteiger partial charge on any atom is 0.261 e. The Morgan fingerprint density at radius 3 is 2.13 bits per heavy atom. The third-order valence-corrected chi connectivity index (χ3v) is 5.44. The molecule has 2 aromatic rings. The van der Waals surface area contributed by atoms with Crippen molar-refractivity contribution in [2.75, 3.05) is 6.61 Å². The summed E-state index contributed by atoms with van der Waals surface area (Å²) in [5.41, 5.74) is 3.87. The highest BCUT2D eigenvalue weighted by Crippen LogP contribution is 2.26. The lowest BCUT2D eigenvalue weighted by Crippen LogP contribution is -2.50. The Morgan fingerprint density at radius 1 is 1.03 bits per heavy atom. The zero-order valence-corrected chi connectivity index (χ0v) is 19.3. The first kappa shape index (κ1) is 23.7. The van der Waals surface area contributed by atoms with E-state index in [1.165, 1.54) is 0 Å². The van der Waals surface area contributed by atoms with E-state index >= 15 is 0 Å². The van der Waals surface area contributed by atoms with Crippen molar-refractivity contribution in [2.24, 2.45) is 0 Å². The molecule has 0 spiro atoms. The van der Waals surface area contributed by atoms with Crippen LogP contribution in [0.1, 0.15) is 43.0 Å². The summed E-state index contributed by atoms with van der Waals surface area (Å²) in [6, 6.07) is 10.9. The lowest BCUT2D eigenvalue weighted by atomic mass is 10.1. The molecule has 30 heavy (non-hydrogen) atoms. The van der Waals surface area contributed by atoms with Crippen molar-refractivity contribution in [3.8, 4) is 5.75 Å². The van der Waals surface area contributed by atoms with Crippen molar-refractivity contribution < 1.29 is 14.3 Å². The largest absolute Gasteiger partial charge is 0.484 e. The second kappa shape index (κ2) is 10.5. The van der Waals surface area contributed by atoms with Gasteiger partial charge in [-0.05, 0) is 70.4 Å². The van der Waals surface area contributed by atoms with E-state index in [4.69, 9.17) is 16.3 Å². The van der Waals surface area contributed by atoms with E-state index < -0.39 is 6.04 Å². The summed E-state index contributed by atoms with van der Waals surface area (Å²) < 4.78 is 5.75. The van der Waals surface area contributed by atoms with E-state index in [9.17, 15) is 9.59 Å². The Balaban J connectivity index is 2.18. The van der Waals surface area contributed by atoms with Crippen LogP contribution in [0.15, 0.2) is 36.4 Å². The summed E-state index contributed by atoms with van der Waals surface area (Å²) in [5, 5.41) is 3.57. The van der Waals surface area contributed by atoms with Crippen LogP contribution in [0.3, 0.4) is 0 Å². The number of aryl methyl sites for hydroxylation is 3. The van der Waals surface area contributed by atoms with E-state index in [0.29, 0.717) is 17.3 Å². The van der Waals surface area contributed by atoms with Crippen LogP contribution in [0.4, 0.5) is 0 Å². The fourth-order valence-corrected chi connectivity index (χ4v) is 3.20. The van der Waals surface area contributed by atoms with Gasteiger partial charge in [0.25, 0.3) is 5.91 Å². The third kappa shape index (κ3) is 6.49. The fourth-order valence-electron chi connectivity index (χ4n) is 3.10. The first-order chi connectivity index (χ1) is 14.1. The minimum atomic E-state index is -0.626. The monoisotopic (exact) mass is 430 g/mol. The van der Waals surface area contributed by atoms with Crippen LogP contribution in [0.2, 0.25) is 5.02 Å². The molecular formula is C24H31ClN2O3. The van der Waals surface area contributed by atoms with Crippen molar-refractivity contribution in [2.45, 2.75) is 60.2 Å². The number of ether oxygens (including phenoxy) is 1. The number of carbonyl (C=O) groups excluding carboxylic acids is 2. The maximum absolute atomic E-state index is 13.1. The number of rotatable bonds is 8. The van der Waals surface area contributed by atoms with Gasteiger partial charge in [-0.2, -0.15) is 0 Å². The Morgan fingerprint density at radius 2 is 1.60 bits per heavy atom. The van der Waals surface area contributed by atoms with E-state index in [-0.39, 0.29) is 24.5 Å². The summed E-state index contributed by atoms with van der Waals surface area (Å²) in [7, 11) is 0. The van der Waals surface area contributed by atoms with Crippen LogP contribution in [-0.4, -0.2) is 35.4 Å². The SMILES string of the molecule is Cc1ccc(CN(C(=O)COc2cc(C)c(Cl)c(C)c2)[C@@H](C)C(=O)NC(C)C)cc1. The second-order valence-corrected chi connectivity index (χ2v) is 8.38. The first-order valence-corrected chi connectivity index (χ1v) is 10.5. The lowest BCUT2D eigenvalue weighted by molar-refractivity contribution is -0.142. The Kier molecular flexibility index (Phi) is 8.30. The molecule has 6 heteroatoms. The molecule has 2 amide bonds. The predicted molar refractivity (Wildman–Crippen MR) is 121 cm³/mol. The van der Waals surface area contributed by atoms with Crippen LogP contribution >= 0.6 is 11.6 Å². The number of hydrogen-bond acceptors (Lipinski definition) is 3. The number of carbonyl (C=O) groups is 2. The highest BCUT2D eigenvalue weighted by atomic mass is 35.5. The molecule has 2 rings (SSSR count). The Bertz CT molecular complexity index is 871.